The maximum Gasteiger partial charge on any atom is 0.307 e. The first kappa shape index (κ1) is 31.1. The maximum absolute atomic E-state index is 13.1. The van der Waals surface area contributed by atoms with Crippen molar-refractivity contribution in [1.29, 1.82) is 0 Å². The fraction of sp³-hybridized carbons (Fsp3) is 0.682. The Morgan fingerprint density at radius 1 is 1.18 bits per heavy atom. The Bertz CT molecular complexity index is 1020. The molecule has 1 aliphatic heterocycles. The lowest BCUT2D eigenvalue weighted by Crippen LogP contribution is -2.53. The summed E-state index contributed by atoms with van der Waals surface area (Å²) < 4.78 is 5.35. The van der Waals surface area contributed by atoms with Gasteiger partial charge in [-0.3, -0.25) is 28.8 Å². The van der Waals surface area contributed by atoms with Crippen LogP contribution in [0.2, 0.25) is 0 Å². The van der Waals surface area contributed by atoms with E-state index in [2.05, 4.69) is 36.6 Å². The molecule has 4 amide bonds. The average molecular weight is 554 g/mol. The van der Waals surface area contributed by atoms with E-state index in [-0.39, 0.29) is 57.1 Å². The van der Waals surface area contributed by atoms with Crippen LogP contribution >= 0.6 is 0 Å². The molecule has 7 N–H and O–H groups in total. The minimum absolute atomic E-state index is 0.0234. The first-order valence-corrected chi connectivity index (χ1v) is 12.5. The topological polar surface area (TPSA) is 252 Å². The smallest absolute Gasteiger partial charge is 0.307 e. The third-order valence-corrected chi connectivity index (χ3v) is 6.13. The number of hydrogen-bond donors (Lipinski definition) is 6. The van der Waals surface area contributed by atoms with Gasteiger partial charge in [0.05, 0.1) is 32.5 Å². The first-order chi connectivity index (χ1) is 18.5. The lowest BCUT2D eigenvalue weighted by Gasteiger charge is -2.26. The van der Waals surface area contributed by atoms with Gasteiger partial charge in [0, 0.05) is 19.4 Å². The number of likely N-dealkylation sites (tertiary alicyclic amines) is 1. The summed E-state index contributed by atoms with van der Waals surface area (Å²) in [6.45, 7) is 3.00. The largest absolute Gasteiger partial charge is 0.481 e. The summed E-state index contributed by atoms with van der Waals surface area (Å²) in [6.07, 6.45) is -0.913. The van der Waals surface area contributed by atoms with Crippen molar-refractivity contribution >= 4 is 35.6 Å². The predicted octanol–water partition coefficient (Wildman–Crippen LogP) is -2.81. The molecule has 0 aromatic carbocycles. The molecule has 0 aliphatic carbocycles. The van der Waals surface area contributed by atoms with Crippen molar-refractivity contribution in [2.45, 2.75) is 70.7 Å². The number of carboxylic acids is 1. The molecule has 216 valence electrons. The molecule has 0 unspecified atom stereocenters. The average Bonchev–Trinajstić information content (AvgIpc) is 3.57. The van der Waals surface area contributed by atoms with Gasteiger partial charge in [0.1, 0.15) is 18.2 Å². The Morgan fingerprint density at radius 3 is 2.54 bits per heavy atom. The second-order valence-corrected chi connectivity index (χ2v) is 9.04. The number of carbonyl (C=O) groups excluding carboxylic acids is 5. The van der Waals surface area contributed by atoms with E-state index in [0.29, 0.717) is 6.42 Å². The monoisotopic (exact) mass is 553 g/mol. The van der Waals surface area contributed by atoms with Gasteiger partial charge < -0.3 is 36.4 Å². The van der Waals surface area contributed by atoms with Crippen LogP contribution in [0.4, 0.5) is 0 Å². The highest BCUT2D eigenvalue weighted by Crippen LogP contribution is 2.21. The molecule has 1 saturated heterocycles. The summed E-state index contributed by atoms with van der Waals surface area (Å²) in [5, 5.41) is 29.5. The van der Waals surface area contributed by atoms with Crippen LogP contribution in [-0.2, 0) is 40.0 Å². The number of tetrazole rings is 1. The van der Waals surface area contributed by atoms with Crippen molar-refractivity contribution in [3.8, 4) is 0 Å². The molecule has 0 bridgehead atoms. The number of esters is 1. The summed E-state index contributed by atoms with van der Waals surface area (Å²) in [5.41, 5.74) is 5.38. The Hall–Kier alpha value is -4.15. The lowest BCUT2D eigenvalue weighted by molar-refractivity contribution is -0.149. The van der Waals surface area contributed by atoms with Crippen LogP contribution in [0.3, 0.4) is 0 Å². The van der Waals surface area contributed by atoms with Gasteiger partial charge in [0.15, 0.2) is 5.82 Å². The number of carboxylic acid groups (broad SMARTS) is 1. The van der Waals surface area contributed by atoms with Crippen LogP contribution in [0, 0.1) is 5.92 Å². The SMILES string of the molecule is CC[C@H](C)[C@H](NC(=O)CCC(=O)O)C(=O)NCC(=O)N1C[C@H](OC(=O)CCN)C[C@H]1C(=O)NCc1nn[nH]n1. The lowest BCUT2D eigenvalue weighted by atomic mass is 9.98. The van der Waals surface area contributed by atoms with Gasteiger partial charge in [-0.1, -0.05) is 25.5 Å². The van der Waals surface area contributed by atoms with Gasteiger partial charge in [0.25, 0.3) is 0 Å². The number of hydrogen-bond acceptors (Lipinski definition) is 11. The number of nitrogens with two attached hydrogens (primary N) is 1. The van der Waals surface area contributed by atoms with Crippen LogP contribution in [0.5, 0.6) is 0 Å². The van der Waals surface area contributed by atoms with Crippen molar-refractivity contribution in [3.63, 3.8) is 0 Å². The quantitative estimate of drug-likeness (QED) is 0.120. The van der Waals surface area contributed by atoms with Gasteiger partial charge in [-0.25, -0.2) is 0 Å². The molecule has 2 rings (SSSR count). The number of nitrogens with one attached hydrogen (secondary N) is 4. The number of H-pyrrole nitrogens is 1. The van der Waals surface area contributed by atoms with Gasteiger partial charge >= 0.3 is 11.9 Å². The molecular formula is C22H35N9O8. The van der Waals surface area contributed by atoms with E-state index in [4.69, 9.17) is 15.6 Å². The van der Waals surface area contributed by atoms with Crippen molar-refractivity contribution in [1.82, 2.24) is 41.5 Å². The third kappa shape index (κ3) is 9.91. The number of aromatic amines is 1. The molecule has 17 nitrogen and oxygen atoms in total. The van der Waals surface area contributed by atoms with E-state index < -0.39 is 60.3 Å². The summed E-state index contributed by atoms with van der Waals surface area (Å²) in [4.78, 5) is 74.9. The van der Waals surface area contributed by atoms with Gasteiger partial charge in [-0.15, -0.1) is 10.2 Å². The highest BCUT2D eigenvalue weighted by atomic mass is 16.5. The second kappa shape index (κ2) is 15.3. The number of amides is 4. The van der Waals surface area contributed by atoms with Crippen molar-refractivity contribution in [2.75, 3.05) is 19.6 Å². The number of aromatic nitrogens is 4. The summed E-state index contributed by atoms with van der Waals surface area (Å²) >= 11 is 0. The van der Waals surface area contributed by atoms with E-state index >= 15 is 0 Å². The highest BCUT2D eigenvalue weighted by Gasteiger charge is 2.41. The number of carbonyl (C=O) groups is 6. The van der Waals surface area contributed by atoms with E-state index in [1.807, 2.05) is 6.92 Å². The zero-order valence-corrected chi connectivity index (χ0v) is 21.8. The Balaban J connectivity index is 2.04. The summed E-state index contributed by atoms with van der Waals surface area (Å²) in [7, 11) is 0. The molecule has 1 fully saturated rings. The minimum Gasteiger partial charge on any atom is -0.481 e. The van der Waals surface area contributed by atoms with E-state index in [1.54, 1.807) is 6.92 Å². The fourth-order valence-corrected chi connectivity index (χ4v) is 3.85. The standard InChI is InChI=1S/C22H35N9O8/c1-3-12(2)20(26-16(32)4-5-18(34)35)22(38)25-10-17(33)31-11-13(39-19(36)6-7-23)8-14(31)21(37)24-9-15-27-29-30-28-15/h12-14,20H,3-11,23H2,1-2H3,(H,24,37)(H,25,38)(H,26,32)(H,34,35)(H,27,28,29,30)/t12-,13+,14-,20-/m0/s1. The summed E-state index contributed by atoms with van der Waals surface area (Å²) in [5.74, 6) is -4.19. The van der Waals surface area contributed by atoms with E-state index in [9.17, 15) is 28.8 Å². The zero-order valence-electron chi connectivity index (χ0n) is 21.8. The molecular weight excluding hydrogens is 518 g/mol. The van der Waals surface area contributed by atoms with Crippen LogP contribution in [0.15, 0.2) is 0 Å². The first-order valence-electron chi connectivity index (χ1n) is 12.5. The van der Waals surface area contributed by atoms with Crippen LogP contribution in [0.1, 0.15) is 51.8 Å². The van der Waals surface area contributed by atoms with Crippen molar-refractivity contribution in [3.05, 3.63) is 5.82 Å². The zero-order chi connectivity index (χ0) is 28.9. The second-order valence-electron chi connectivity index (χ2n) is 9.04. The van der Waals surface area contributed by atoms with E-state index in [1.165, 1.54) is 4.90 Å². The normalized spacial score (nSPS) is 18.1. The molecule has 1 aromatic heterocycles. The molecule has 39 heavy (non-hydrogen) atoms. The molecule has 0 saturated carbocycles. The molecule has 2 heterocycles. The van der Waals surface area contributed by atoms with Crippen LogP contribution < -0.4 is 21.7 Å². The third-order valence-electron chi connectivity index (χ3n) is 6.13. The van der Waals surface area contributed by atoms with Crippen LogP contribution in [0.25, 0.3) is 0 Å². The minimum atomic E-state index is -1.14. The maximum atomic E-state index is 13.1. The van der Waals surface area contributed by atoms with Crippen molar-refractivity contribution in [2.24, 2.45) is 11.7 Å². The molecule has 17 heteroatoms. The molecule has 0 radical (unpaired) electrons. The molecule has 1 aliphatic rings. The van der Waals surface area contributed by atoms with Gasteiger partial charge in [0.2, 0.25) is 23.6 Å². The Kier molecular flexibility index (Phi) is 12.2. The van der Waals surface area contributed by atoms with Crippen LogP contribution in [-0.4, -0.2) is 104 Å². The van der Waals surface area contributed by atoms with E-state index in [0.717, 1.165) is 0 Å². The molecule has 4 atom stereocenters. The molecule has 1 aromatic rings. The number of ether oxygens (including phenoxy) is 1. The van der Waals surface area contributed by atoms with Crippen molar-refractivity contribution < 1.29 is 38.6 Å². The Labute approximate surface area is 223 Å². The number of aliphatic carboxylic acids is 1. The van der Waals surface area contributed by atoms with Gasteiger partial charge in [-0.2, -0.15) is 5.21 Å². The number of nitrogens with zero attached hydrogens (tertiary/aromatic N) is 4. The summed E-state index contributed by atoms with van der Waals surface area (Å²) in [6, 6.07) is -2.00. The fourth-order valence-electron chi connectivity index (χ4n) is 3.85. The predicted molar refractivity (Wildman–Crippen MR) is 131 cm³/mol. The van der Waals surface area contributed by atoms with Gasteiger partial charge in [-0.05, 0) is 5.92 Å². The Morgan fingerprint density at radius 2 is 1.92 bits per heavy atom. The molecule has 0 spiro atoms. The highest BCUT2D eigenvalue weighted by molar-refractivity contribution is 5.93. The number of rotatable bonds is 15.